The van der Waals surface area contributed by atoms with E-state index in [1.165, 1.54) is 0 Å². The molecule has 4 rings (SSSR count). The van der Waals surface area contributed by atoms with Gasteiger partial charge in [-0.1, -0.05) is 36.4 Å². The number of allylic oxidation sites excluding steroid dienone is 1. The lowest BCUT2D eigenvalue weighted by atomic mass is 9.81. The van der Waals surface area contributed by atoms with Gasteiger partial charge < -0.3 is 20.8 Å². The molecule has 2 heterocycles. The van der Waals surface area contributed by atoms with Gasteiger partial charge in [0.25, 0.3) is 5.56 Å². The highest BCUT2D eigenvalue weighted by atomic mass is 16.5. The number of H-pyrrole nitrogens is 1. The number of ether oxygens (including phenoxy) is 1. The first-order valence-corrected chi connectivity index (χ1v) is 8.10. The number of para-hydroxylation sites is 2. The van der Waals surface area contributed by atoms with Crippen LogP contribution in [0.5, 0.6) is 5.75 Å². The van der Waals surface area contributed by atoms with Gasteiger partial charge in [0, 0.05) is 10.9 Å². The van der Waals surface area contributed by atoms with Crippen molar-refractivity contribution in [1.29, 1.82) is 5.26 Å². The van der Waals surface area contributed by atoms with Crippen molar-refractivity contribution in [3.05, 3.63) is 81.4 Å². The Hall–Kier alpha value is -3.72. The summed E-state index contributed by atoms with van der Waals surface area (Å²) in [5, 5.41) is 13.6. The molecular weight excluding hydrogens is 328 g/mol. The van der Waals surface area contributed by atoms with Crippen LogP contribution in [0.2, 0.25) is 0 Å². The predicted molar refractivity (Wildman–Crippen MR) is 99.9 cm³/mol. The van der Waals surface area contributed by atoms with Crippen molar-refractivity contribution in [2.45, 2.75) is 5.92 Å². The highest BCUT2D eigenvalue weighted by Crippen LogP contribution is 2.43. The van der Waals surface area contributed by atoms with E-state index < -0.39 is 5.92 Å². The molecule has 1 aliphatic rings. The molecule has 0 aliphatic carbocycles. The van der Waals surface area contributed by atoms with Crippen LogP contribution in [0, 0.1) is 11.3 Å². The number of benzene rings is 2. The first-order chi connectivity index (χ1) is 12.7. The largest absolute Gasteiger partial charge is 0.496 e. The fraction of sp³-hybridized carbons (Fsp3) is 0.100. The SMILES string of the molecule is COc1ccccc1[C@H]1C(C#N)=C(N)Nc2c1c(=O)[nH]c1ccccc21. The summed E-state index contributed by atoms with van der Waals surface area (Å²) in [5.41, 5.74) is 8.69. The molecule has 0 amide bonds. The predicted octanol–water partition coefficient (Wildman–Crippen LogP) is 2.79. The number of nitrogens with one attached hydrogen (secondary N) is 2. The van der Waals surface area contributed by atoms with Crippen LogP contribution in [0.15, 0.2) is 64.7 Å². The Morgan fingerprint density at radius 3 is 2.65 bits per heavy atom. The minimum Gasteiger partial charge on any atom is -0.496 e. The molecule has 6 nitrogen and oxygen atoms in total. The molecule has 0 saturated carbocycles. The number of aromatic nitrogens is 1. The molecule has 1 aromatic heterocycles. The number of hydrogen-bond donors (Lipinski definition) is 3. The van der Waals surface area contributed by atoms with Crippen LogP contribution in [-0.2, 0) is 0 Å². The Bertz CT molecular complexity index is 1150. The smallest absolute Gasteiger partial charge is 0.254 e. The summed E-state index contributed by atoms with van der Waals surface area (Å²) >= 11 is 0. The maximum atomic E-state index is 12.9. The van der Waals surface area contributed by atoms with E-state index in [-0.39, 0.29) is 11.4 Å². The summed E-state index contributed by atoms with van der Waals surface area (Å²) in [5.74, 6) is 0.228. The molecule has 1 aliphatic heterocycles. The van der Waals surface area contributed by atoms with Crippen LogP contribution in [0.4, 0.5) is 5.69 Å². The van der Waals surface area contributed by atoms with Crippen molar-refractivity contribution in [3.63, 3.8) is 0 Å². The van der Waals surface area contributed by atoms with E-state index in [0.717, 1.165) is 10.9 Å². The van der Waals surface area contributed by atoms with Gasteiger partial charge in [0.15, 0.2) is 0 Å². The average molecular weight is 344 g/mol. The fourth-order valence-corrected chi connectivity index (χ4v) is 3.51. The quantitative estimate of drug-likeness (QED) is 0.663. The van der Waals surface area contributed by atoms with Crippen LogP contribution in [0.3, 0.4) is 0 Å². The molecule has 4 N–H and O–H groups in total. The normalized spacial score (nSPS) is 15.9. The van der Waals surface area contributed by atoms with Crippen molar-refractivity contribution < 1.29 is 4.74 Å². The van der Waals surface area contributed by atoms with Gasteiger partial charge in [-0.05, 0) is 12.1 Å². The average Bonchev–Trinajstić information content (AvgIpc) is 2.67. The minimum absolute atomic E-state index is 0.242. The third-order valence-corrected chi connectivity index (χ3v) is 4.66. The Balaban J connectivity index is 2.11. The van der Waals surface area contributed by atoms with Gasteiger partial charge in [0.1, 0.15) is 11.6 Å². The molecule has 0 unspecified atom stereocenters. The number of rotatable bonds is 2. The van der Waals surface area contributed by atoms with Crippen LogP contribution >= 0.6 is 0 Å². The zero-order valence-corrected chi connectivity index (χ0v) is 14.0. The third-order valence-electron chi connectivity index (χ3n) is 4.66. The van der Waals surface area contributed by atoms with E-state index in [9.17, 15) is 10.1 Å². The Labute approximate surface area is 149 Å². The van der Waals surface area contributed by atoms with Gasteiger partial charge in [-0.15, -0.1) is 0 Å². The number of aromatic amines is 1. The first-order valence-electron chi connectivity index (χ1n) is 8.10. The molecule has 1 atom stereocenters. The second-order valence-electron chi connectivity index (χ2n) is 6.03. The summed E-state index contributed by atoms with van der Waals surface area (Å²) in [6, 6.07) is 17.0. The zero-order chi connectivity index (χ0) is 18.3. The van der Waals surface area contributed by atoms with Crippen molar-refractivity contribution in [2.75, 3.05) is 12.4 Å². The maximum Gasteiger partial charge on any atom is 0.254 e. The van der Waals surface area contributed by atoms with Gasteiger partial charge in [-0.3, -0.25) is 4.79 Å². The van der Waals surface area contributed by atoms with Crippen LogP contribution in [-0.4, -0.2) is 12.1 Å². The van der Waals surface area contributed by atoms with Gasteiger partial charge in [-0.25, -0.2) is 0 Å². The molecule has 2 aromatic carbocycles. The molecule has 0 bridgehead atoms. The van der Waals surface area contributed by atoms with Gasteiger partial charge in [0.2, 0.25) is 0 Å². The molecule has 26 heavy (non-hydrogen) atoms. The second-order valence-corrected chi connectivity index (χ2v) is 6.03. The highest BCUT2D eigenvalue weighted by Gasteiger charge is 2.34. The summed E-state index contributed by atoms with van der Waals surface area (Å²) in [6.45, 7) is 0. The number of hydrogen-bond acceptors (Lipinski definition) is 5. The van der Waals surface area contributed by atoms with Gasteiger partial charge in [0.05, 0.1) is 41.4 Å². The molecule has 0 radical (unpaired) electrons. The molecule has 3 aromatic rings. The lowest BCUT2D eigenvalue weighted by Gasteiger charge is -2.28. The Morgan fingerprint density at radius 2 is 1.88 bits per heavy atom. The summed E-state index contributed by atoms with van der Waals surface area (Å²) in [6.07, 6.45) is 0. The molecule has 0 spiro atoms. The highest BCUT2D eigenvalue weighted by molar-refractivity contribution is 5.95. The lowest BCUT2D eigenvalue weighted by Crippen LogP contribution is -2.29. The van der Waals surface area contributed by atoms with Gasteiger partial charge >= 0.3 is 0 Å². The summed E-state index contributed by atoms with van der Waals surface area (Å²) in [7, 11) is 1.56. The molecule has 6 heteroatoms. The first kappa shape index (κ1) is 15.8. The fourth-order valence-electron chi connectivity index (χ4n) is 3.51. The van der Waals surface area contributed by atoms with E-state index in [1.54, 1.807) is 13.2 Å². The van der Waals surface area contributed by atoms with E-state index in [2.05, 4.69) is 16.4 Å². The van der Waals surface area contributed by atoms with E-state index in [0.29, 0.717) is 28.1 Å². The lowest BCUT2D eigenvalue weighted by molar-refractivity contribution is 0.409. The number of pyridine rings is 1. The monoisotopic (exact) mass is 344 g/mol. The summed E-state index contributed by atoms with van der Waals surface area (Å²) < 4.78 is 5.46. The number of methoxy groups -OCH3 is 1. The van der Waals surface area contributed by atoms with Crippen molar-refractivity contribution in [3.8, 4) is 11.8 Å². The number of nitriles is 1. The Morgan fingerprint density at radius 1 is 1.15 bits per heavy atom. The van der Waals surface area contributed by atoms with Crippen molar-refractivity contribution >= 4 is 16.6 Å². The van der Waals surface area contributed by atoms with Crippen molar-refractivity contribution in [1.82, 2.24) is 4.98 Å². The van der Waals surface area contributed by atoms with Crippen LogP contribution < -0.4 is 21.3 Å². The second kappa shape index (κ2) is 5.97. The zero-order valence-electron chi connectivity index (χ0n) is 14.0. The summed E-state index contributed by atoms with van der Waals surface area (Å²) in [4.78, 5) is 15.8. The topological polar surface area (TPSA) is 104 Å². The standard InChI is InChI=1S/C20H16N4O2/c1-26-15-9-5-3-7-12(15)16-13(10-21)19(22)24-18-11-6-2-4-8-14(11)23-20(25)17(16)18/h2-9,16,24H,22H2,1H3,(H,23,25)/t16-/m0/s1. The van der Waals surface area contributed by atoms with Crippen molar-refractivity contribution in [2.24, 2.45) is 5.73 Å². The number of fused-ring (bicyclic) bond motifs is 3. The van der Waals surface area contributed by atoms with Gasteiger partial charge in [-0.2, -0.15) is 5.26 Å². The van der Waals surface area contributed by atoms with E-state index >= 15 is 0 Å². The van der Waals surface area contributed by atoms with Crippen LogP contribution in [0.25, 0.3) is 10.9 Å². The molecule has 0 saturated heterocycles. The maximum absolute atomic E-state index is 12.9. The number of nitrogens with two attached hydrogens (primary N) is 1. The van der Waals surface area contributed by atoms with E-state index in [1.807, 2.05) is 42.5 Å². The minimum atomic E-state index is -0.610. The number of nitrogens with zero attached hydrogens (tertiary/aromatic N) is 1. The third kappa shape index (κ3) is 2.22. The van der Waals surface area contributed by atoms with E-state index in [4.69, 9.17) is 10.5 Å². The molecule has 0 fully saturated rings. The van der Waals surface area contributed by atoms with Crippen LogP contribution in [0.1, 0.15) is 17.0 Å². The number of anilines is 1. The Kier molecular flexibility index (Phi) is 3.63. The molecule has 128 valence electrons. The molecular formula is C20H16N4O2.